The standard InChI is InChI=1S/C15H15F3N2OS/c16-15(17,18)12-4-1-11(2-5-12)3-6-13(21)20-14(9-19)7-8-22-10-14/h1-2,4-5H,3,6-8,10H2,(H,20,21)/t14-/m1/s1. The summed E-state index contributed by atoms with van der Waals surface area (Å²) in [4.78, 5) is 11.9. The number of amides is 1. The van der Waals surface area contributed by atoms with Crippen molar-refractivity contribution in [3.63, 3.8) is 0 Å². The summed E-state index contributed by atoms with van der Waals surface area (Å²) >= 11 is 1.62. The van der Waals surface area contributed by atoms with Gasteiger partial charge in [-0.3, -0.25) is 4.79 Å². The summed E-state index contributed by atoms with van der Waals surface area (Å²) in [5, 5.41) is 11.9. The van der Waals surface area contributed by atoms with E-state index in [0.29, 0.717) is 24.2 Å². The van der Waals surface area contributed by atoms with E-state index in [1.54, 1.807) is 11.8 Å². The van der Waals surface area contributed by atoms with Gasteiger partial charge in [0.15, 0.2) is 0 Å². The Bertz CT molecular complexity index is 572. The Morgan fingerprint density at radius 1 is 1.36 bits per heavy atom. The topological polar surface area (TPSA) is 52.9 Å². The van der Waals surface area contributed by atoms with Gasteiger partial charge < -0.3 is 5.32 Å². The lowest BCUT2D eigenvalue weighted by Crippen LogP contribution is -2.47. The molecule has 7 heteroatoms. The molecule has 1 atom stereocenters. The van der Waals surface area contributed by atoms with Crippen molar-refractivity contribution in [1.82, 2.24) is 5.32 Å². The Morgan fingerprint density at radius 2 is 2.05 bits per heavy atom. The van der Waals surface area contributed by atoms with Crippen LogP contribution >= 0.6 is 11.8 Å². The van der Waals surface area contributed by atoms with E-state index in [0.717, 1.165) is 17.9 Å². The van der Waals surface area contributed by atoms with Gasteiger partial charge >= 0.3 is 6.18 Å². The molecule has 22 heavy (non-hydrogen) atoms. The molecule has 1 heterocycles. The first-order chi connectivity index (χ1) is 10.3. The van der Waals surface area contributed by atoms with Crippen LogP contribution in [0.2, 0.25) is 0 Å². The first-order valence-corrected chi connectivity index (χ1v) is 7.96. The Morgan fingerprint density at radius 3 is 2.55 bits per heavy atom. The van der Waals surface area contributed by atoms with Crippen molar-refractivity contribution in [2.24, 2.45) is 0 Å². The van der Waals surface area contributed by atoms with Gasteiger partial charge in [-0.1, -0.05) is 12.1 Å². The quantitative estimate of drug-likeness (QED) is 0.924. The number of rotatable bonds is 4. The zero-order valence-electron chi connectivity index (χ0n) is 11.7. The van der Waals surface area contributed by atoms with Gasteiger partial charge in [-0.15, -0.1) is 0 Å². The molecule has 0 saturated carbocycles. The number of carbonyl (C=O) groups excluding carboxylic acids is 1. The average Bonchev–Trinajstić information content (AvgIpc) is 2.94. The highest BCUT2D eigenvalue weighted by Gasteiger charge is 2.35. The molecule has 0 aliphatic carbocycles. The van der Waals surface area contributed by atoms with Gasteiger partial charge in [0.2, 0.25) is 5.91 Å². The molecule has 1 aliphatic heterocycles. The lowest BCUT2D eigenvalue weighted by molar-refractivity contribution is -0.137. The van der Waals surface area contributed by atoms with E-state index in [1.165, 1.54) is 12.1 Å². The van der Waals surface area contributed by atoms with Crippen molar-refractivity contribution in [1.29, 1.82) is 5.26 Å². The molecule has 118 valence electrons. The summed E-state index contributed by atoms with van der Waals surface area (Å²) in [6, 6.07) is 6.93. The summed E-state index contributed by atoms with van der Waals surface area (Å²) < 4.78 is 37.3. The first-order valence-electron chi connectivity index (χ1n) is 6.81. The maximum absolute atomic E-state index is 12.4. The van der Waals surface area contributed by atoms with E-state index in [2.05, 4.69) is 11.4 Å². The van der Waals surface area contributed by atoms with Gasteiger partial charge in [0, 0.05) is 12.2 Å². The van der Waals surface area contributed by atoms with E-state index in [9.17, 15) is 23.2 Å². The monoisotopic (exact) mass is 328 g/mol. The maximum Gasteiger partial charge on any atom is 0.416 e. The van der Waals surface area contributed by atoms with E-state index < -0.39 is 17.3 Å². The fourth-order valence-electron chi connectivity index (χ4n) is 2.23. The number of nitrogens with zero attached hydrogens (tertiary/aromatic N) is 1. The molecule has 0 bridgehead atoms. The maximum atomic E-state index is 12.4. The van der Waals surface area contributed by atoms with Gasteiger partial charge in [-0.2, -0.15) is 30.2 Å². The SMILES string of the molecule is N#C[C@]1(NC(=O)CCc2ccc(C(F)(F)F)cc2)CCSC1. The van der Waals surface area contributed by atoms with E-state index >= 15 is 0 Å². The fourth-order valence-corrected chi connectivity index (χ4v) is 3.49. The van der Waals surface area contributed by atoms with Gasteiger partial charge in [0.1, 0.15) is 5.54 Å². The van der Waals surface area contributed by atoms with E-state index in [4.69, 9.17) is 0 Å². The lowest BCUT2D eigenvalue weighted by Gasteiger charge is -2.21. The van der Waals surface area contributed by atoms with Crippen LogP contribution in [0.25, 0.3) is 0 Å². The molecule has 1 fully saturated rings. The first kappa shape index (κ1) is 16.7. The molecule has 2 rings (SSSR count). The number of thioether (sulfide) groups is 1. The second-order valence-electron chi connectivity index (χ2n) is 5.24. The Balaban J connectivity index is 1.87. The number of nitriles is 1. The fraction of sp³-hybridized carbons (Fsp3) is 0.467. The molecule has 1 saturated heterocycles. The van der Waals surface area contributed by atoms with E-state index in [-0.39, 0.29) is 12.3 Å². The molecule has 0 unspecified atom stereocenters. The Labute approximate surface area is 130 Å². The molecule has 1 N–H and O–H groups in total. The number of alkyl halides is 3. The van der Waals surface area contributed by atoms with Crippen molar-refractivity contribution in [3.05, 3.63) is 35.4 Å². The van der Waals surface area contributed by atoms with Crippen LogP contribution in [0.5, 0.6) is 0 Å². The van der Waals surface area contributed by atoms with Crippen molar-refractivity contribution in [3.8, 4) is 6.07 Å². The van der Waals surface area contributed by atoms with Crippen LogP contribution in [0, 0.1) is 11.3 Å². The summed E-state index contributed by atoms with van der Waals surface area (Å²) in [5.74, 6) is 1.17. The third-order valence-electron chi connectivity index (χ3n) is 3.54. The molecule has 0 aromatic heterocycles. The second kappa shape index (κ2) is 6.61. The number of nitrogens with one attached hydrogen (secondary N) is 1. The zero-order valence-corrected chi connectivity index (χ0v) is 12.6. The summed E-state index contributed by atoms with van der Waals surface area (Å²) in [6.07, 6.45) is -3.23. The van der Waals surface area contributed by atoms with E-state index in [1.807, 2.05) is 0 Å². The lowest BCUT2D eigenvalue weighted by atomic mass is 10.0. The summed E-state index contributed by atoms with van der Waals surface area (Å²) in [7, 11) is 0. The highest BCUT2D eigenvalue weighted by Crippen LogP contribution is 2.29. The smallest absolute Gasteiger partial charge is 0.337 e. The largest absolute Gasteiger partial charge is 0.416 e. The molecule has 1 aromatic rings. The van der Waals surface area contributed by atoms with Crippen LogP contribution in [-0.2, 0) is 17.4 Å². The van der Waals surface area contributed by atoms with Crippen LogP contribution in [0.3, 0.4) is 0 Å². The number of aryl methyl sites for hydroxylation is 1. The van der Waals surface area contributed by atoms with Crippen LogP contribution in [0.1, 0.15) is 24.0 Å². The van der Waals surface area contributed by atoms with Gasteiger partial charge in [-0.25, -0.2) is 0 Å². The number of hydrogen-bond acceptors (Lipinski definition) is 3. The number of benzene rings is 1. The van der Waals surface area contributed by atoms with Crippen molar-refractivity contribution >= 4 is 17.7 Å². The third-order valence-corrected chi connectivity index (χ3v) is 4.73. The predicted octanol–water partition coefficient (Wildman–Crippen LogP) is 3.15. The summed E-state index contributed by atoms with van der Waals surface area (Å²) in [6.45, 7) is 0. The zero-order chi connectivity index (χ0) is 16.2. The molecule has 0 radical (unpaired) electrons. The number of hydrogen-bond donors (Lipinski definition) is 1. The van der Waals surface area contributed by atoms with Crippen molar-refractivity contribution in [2.45, 2.75) is 31.0 Å². The molecule has 1 aromatic carbocycles. The minimum atomic E-state index is -4.35. The van der Waals surface area contributed by atoms with Gasteiger partial charge in [0.25, 0.3) is 0 Å². The van der Waals surface area contributed by atoms with Crippen LogP contribution in [0.4, 0.5) is 13.2 Å². The Hall–Kier alpha value is -1.68. The normalized spacial score (nSPS) is 21.4. The van der Waals surface area contributed by atoms with Gasteiger partial charge in [0.05, 0.1) is 11.6 Å². The number of carbonyl (C=O) groups is 1. The second-order valence-corrected chi connectivity index (χ2v) is 6.34. The molecule has 0 spiro atoms. The molecule has 1 aliphatic rings. The minimum absolute atomic E-state index is 0.152. The Kier molecular flexibility index (Phi) is 5.01. The van der Waals surface area contributed by atoms with Crippen molar-refractivity contribution in [2.75, 3.05) is 11.5 Å². The molecule has 1 amide bonds. The highest BCUT2D eigenvalue weighted by molar-refractivity contribution is 7.99. The summed E-state index contributed by atoms with van der Waals surface area (Å²) in [5.41, 5.74) is -0.830. The molecular weight excluding hydrogens is 313 g/mol. The van der Waals surface area contributed by atoms with Crippen LogP contribution < -0.4 is 5.32 Å². The van der Waals surface area contributed by atoms with Crippen LogP contribution in [-0.4, -0.2) is 23.0 Å². The predicted molar refractivity (Wildman–Crippen MR) is 78.2 cm³/mol. The minimum Gasteiger partial charge on any atom is -0.337 e. The number of halogens is 3. The molecule has 3 nitrogen and oxygen atoms in total. The van der Waals surface area contributed by atoms with Crippen LogP contribution in [0.15, 0.2) is 24.3 Å². The van der Waals surface area contributed by atoms with Crippen molar-refractivity contribution < 1.29 is 18.0 Å². The highest BCUT2D eigenvalue weighted by atomic mass is 32.2. The molecular formula is C15H15F3N2OS. The average molecular weight is 328 g/mol. The van der Waals surface area contributed by atoms with Gasteiger partial charge in [-0.05, 0) is 36.3 Å². The third kappa shape index (κ3) is 4.17.